The molecule has 0 amide bonds. The minimum absolute atomic E-state index is 0.507. The Morgan fingerprint density at radius 3 is 2.34 bits per heavy atom. The zero-order valence-electron chi connectivity index (χ0n) is 19.7. The minimum Gasteiger partial charge on any atom is -0.492 e. The summed E-state index contributed by atoms with van der Waals surface area (Å²) in [6.45, 7) is 5.75. The minimum atomic E-state index is 0.507. The first-order valence-electron chi connectivity index (χ1n) is 12.4. The molecule has 1 fully saturated rings. The lowest BCUT2D eigenvalue weighted by Gasteiger charge is -2.28. The predicted octanol–water partition coefficient (Wildman–Crippen LogP) is 6.96. The third kappa shape index (κ3) is 7.22. The van der Waals surface area contributed by atoms with E-state index in [-0.39, 0.29) is 0 Å². The predicted molar refractivity (Wildman–Crippen MR) is 128 cm³/mol. The molecule has 0 radical (unpaired) electrons. The van der Waals surface area contributed by atoms with Crippen LogP contribution in [0.2, 0.25) is 0 Å². The van der Waals surface area contributed by atoms with Crippen LogP contribution < -0.4 is 9.47 Å². The normalized spacial score (nSPS) is 18.2. The molecule has 1 saturated carbocycles. The molecular formula is C27H37N3O2. The van der Waals surface area contributed by atoms with Gasteiger partial charge in [-0.3, -0.25) is 0 Å². The van der Waals surface area contributed by atoms with Crippen molar-refractivity contribution in [1.82, 2.24) is 9.97 Å². The lowest BCUT2D eigenvalue weighted by molar-refractivity contribution is 0.177. The fraction of sp³-hybridized carbons (Fsp3) is 0.593. The summed E-state index contributed by atoms with van der Waals surface area (Å²) < 4.78 is 11.7. The Morgan fingerprint density at radius 2 is 1.66 bits per heavy atom. The highest BCUT2D eigenvalue weighted by Crippen LogP contribution is 2.32. The van der Waals surface area contributed by atoms with E-state index in [1.807, 2.05) is 12.1 Å². The Kier molecular flexibility index (Phi) is 9.81. The van der Waals surface area contributed by atoms with Crippen molar-refractivity contribution in [2.24, 2.45) is 11.8 Å². The lowest BCUT2D eigenvalue weighted by Crippen LogP contribution is -2.20. The fourth-order valence-electron chi connectivity index (χ4n) is 4.33. The molecule has 2 aromatic rings. The average molecular weight is 436 g/mol. The van der Waals surface area contributed by atoms with Crippen LogP contribution in [0.1, 0.15) is 83.6 Å². The Bertz CT molecular complexity index is 852. The van der Waals surface area contributed by atoms with Gasteiger partial charge in [-0.05, 0) is 49.3 Å². The van der Waals surface area contributed by atoms with E-state index >= 15 is 0 Å². The summed E-state index contributed by atoms with van der Waals surface area (Å²) in [6.07, 6.45) is 16.2. The highest BCUT2D eigenvalue weighted by atomic mass is 16.5. The van der Waals surface area contributed by atoms with Crippen LogP contribution >= 0.6 is 0 Å². The second kappa shape index (κ2) is 13.1. The fourth-order valence-corrected chi connectivity index (χ4v) is 4.33. The van der Waals surface area contributed by atoms with Gasteiger partial charge in [-0.2, -0.15) is 5.26 Å². The number of nitriles is 1. The lowest BCUT2D eigenvalue weighted by atomic mass is 9.80. The molecule has 0 spiro atoms. The summed E-state index contributed by atoms with van der Waals surface area (Å²) in [6, 6.07) is 7.73. The Hall–Kier alpha value is -2.61. The first-order valence-corrected chi connectivity index (χ1v) is 12.4. The number of unbranched alkanes of at least 4 members (excludes halogenated alkanes) is 3. The standard InChI is InChI=1S/C27H37N3O2/c1-3-5-7-8-21-9-11-22(12-10-21)20-32-25-18-29-27(30-19-25)23-13-14-26(24(16-23)17-28)31-15-6-4-2/h13-14,16,18-19,21-22H,3-12,15,20H2,1-2H3. The third-order valence-electron chi connectivity index (χ3n) is 6.41. The van der Waals surface area contributed by atoms with Gasteiger partial charge in [0.1, 0.15) is 11.8 Å². The van der Waals surface area contributed by atoms with Crippen molar-refractivity contribution in [3.05, 3.63) is 36.2 Å². The molecular weight excluding hydrogens is 398 g/mol. The van der Waals surface area contributed by atoms with Crippen LogP contribution in [-0.4, -0.2) is 23.2 Å². The molecule has 5 nitrogen and oxygen atoms in total. The largest absolute Gasteiger partial charge is 0.492 e. The molecule has 0 atom stereocenters. The van der Waals surface area contributed by atoms with Crippen molar-refractivity contribution in [3.8, 4) is 29.0 Å². The molecule has 1 aliphatic carbocycles. The summed E-state index contributed by atoms with van der Waals surface area (Å²) in [5, 5.41) is 9.46. The molecule has 172 valence electrons. The van der Waals surface area contributed by atoms with Gasteiger partial charge in [0.25, 0.3) is 0 Å². The van der Waals surface area contributed by atoms with E-state index < -0.39 is 0 Å². The van der Waals surface area contributed by atoms with Gasteiger partial charge in [0.15, 0.2) is 11.6 Å². The maximum Gasteiger partial charge on any atom is 0.159 e. The molecule has 32 heavy (non-hydrogen) atoms. The van der Waals surface area contributed by atoms with Gasteiger partial charge in [-0.1, -0.05) is 58.8 Å². The Labute approximate surface area is 193 Å². The summed E-state index contributed by atoms with van der Waals surface area (Å²) in [7, 11) is 0. The molecule has 1 aliphatic rings. The van der Waals surface area contributed by atoms with E-state index in [1.165, 1.54) is 51.4 Å². The van der Waals surface area contributed by atoms with Crippen LogP contribution in [0.5, 0.6) is 11.5 Å². The summed E-state index contributed by atoms with van der Waals surface area (Å²) in [5.74, 6) is 3.46. The van der Waals surface area contributed by atoms with Gasteiger partial charge in [0.05, 0.1) is 31.2 Å². The van der Waals surface area contributed by atoms with Gasteiger partial charge in [0.2, 0.25) is 0 Å². The van der Waals surface area contributed by atoms with Crippen molar-refractivity contribution >= 4 is 0 Å². The van der Waals surface area contributed by atoms with Gasteiger partial charge in [-0.25, -0.2) is 9.97 Å². The highest BCUT2D eigenvalue weighted by Gasteiger charge is 2.21. The van der Waals surface area contributed by atoms with E-state index in [9.17, 15) is 5.26 Å². The first-order chi connectivity index (χ1) is 15.7. The summed E-state index contributed by atoms with van der Waals surface area (Å²) in [5.41, 5.74) is 1.31. The van der Waals surface area contributed by atoms with Crippen LogP contribution in [0.3, 0.4) is 0 Å². The Morgan fingerprint density at radius 1 is 0.938 bits per heavy atom. The number of ether oxygens (including phenoxy) is 2. The summed E-state index contributed by atoms with van der Waals surface area (Å²) in [4.78, 5) is 8.92. The van der Waals surface area contributed by atoms with Crippen LogP contribution in [0, 0.1) is 23.2 Å². The van der Waals surface area contributed by atoms with Crippen LogP contribution in [0.4, 0.5) is 0 Å². The number of benzene rings is 1. The molecule has 5 heteroatoms. The van der Waals surface area contributed by atoms with Crippen molar-refractivity contribution in [3.63, 3.8) is 0 Å². The number of aromatic nitrogens is 2. The van der Waals surface area contributed by atoms with E-state index in [0.29, 0.717) is 35.4 Å². The number of rotatable bonds is 12. The molecule has 1 heterocycles. The number of nitrogens with zero attached hydrogens (tertiary/aromatic N) is 3. The zero-order chi connectivity index (χ0) is 22.6. The van der Waals surface area contributed by atoms with E-state index in [4.69, 9.17) is 9.47 Å². The summed E-state index contributed by atoms with van der Waals surface area (Å²) >= 11 is 0. The molecule has 0 N–H and O–H groups in total. The number of hydrogen-bond acceptors (Lipinski definition) is 5. The molecule has 1 aromatic carbocycles. The van der Waals surface area contributed by atoms with E-state index in [1.54, 1.807) is 18.5 Å². The second-order valence-corrected chi connectivity index (χ2v) is 8.96. The average Bonchev–Trinajstić information content (AvgIpc) is 2.84. The highest BCUT2D eigenvalue weighted by molar-refractivity contribution is 5.61. The van der Waals surface area contributed by atoms with Gasteiger partial charge in [-0.15, -0.1) is 0 Å². The smallest absolute Gasteiger partial charge is 0.159 e. The topological polar surface area (TPSA) is 68.0 Å². The Balaban J connectivity index is 1.48. The molecule has 1 aromatic heterocycles. The molecule has 0 unspecified atom stereocenters. The maximum absolute atomic E-state index is 9.46. The monoisotopic (exact) mass is 435 g/mol. The number of hydrogen-bond donors (Lipinski definition) is 0. The molecule has 0 bridgehead atoms. The second-order valence-electron chi connectivity index (χ2n) is 8.96. The first kappa shape index (κ1) is 24.0. The third-order valence-corrected chi connectivity index (χ3v) is 6.41. The van der Waals surface area contributed by atoms with Crippen molar-refractivity contribution in [2.45, 2.75) is 78.1 Å². The van der Waals surface area contributed by atoms with Crippen molar-refractivity contribution < 1.29 is 9.47 Å². The molecule has 0 aliphatic heterocycles. The van der Waals surface area contributed by atoms with Crippen LogP contribution in [0.25, 0.3) is 11.4 Å². The van der Waals surface area contributed by atoms with Gasteiger partial charge in [0, 0.05) is 5.56 Å². The van der Waals surface area contributed by atoms with Crippen LogP contribution in [0.15, 0.2) is 30.6 Å². The van der Waals surface area contributed by atoms with Crippen molar-refractivity contribution in [2.75, 3.05) is 13.2 Å². The quantitative estimate of drug-likeness (QED) is 0.337. The SMILES string of the molecule is CCCCCC1CCC(COc2cnc(-c3ccc(OCCCC)c(C#N)c3)nc2)CC1. The van der Waals surface area contributed by atoms with Crippen LogP contribution in [-0.2, 0) is 0 Å². The maximum atomic E-state index is 9.46. The molecule has 3 rings (SSSR count). The van der Waals surface area contributed by atoms with E-state index in [2.05, 4.69) is 29.9 Å². The van der Waals surface area contributed by atoms with Gasteiger partial charge >= 0.3 is 0 Å². The van der Waals surface area contributed by atoms with E-state index in [0.717, 1.165) is 30.9 Å². The van der Waals surface area contributed by atoms with Gasteiger partial charge < -0.3 is 9.47 Å². The zero-order valence-corrected chi connectivity index (χ0v) is 19.7. The molecule has 0 saturated heterocycles. The van der Waals surface area contributed by atoms with Crippen molar-refractivity contribution in [1.29, 1.82) is 5.26 Å².